The Kier molecular flexibility index (Phi) is 8.22. The number of benzene rings is 6. The molecule has 0 atom stereocenters. The molecule has 50 heavy (non-hydrogen) atoms. The Bertz CT molecular complexity index is 1950. The van der Waals surface area contributed by atoms with Crippen molar-refractivity contribution in [3.63, 3.8) is 0 Å². The Balaban J connectivity index is 1.54. The predicted octanol–water partition coefficient (Wildman–Crippen LogP) is 8.50. The van der Waals surface area contributed by atoms with E-state index in [0.29, 0.717) is 0 Å². The maximum atomic E-state index is 6.91. The molecule has 250 valence electrons. The SMILES string of the molecule is Cc1cc(P(c2ccccc2)c2ccccc2)c(-c2c(P(c3ccccc3)c3ccccc3)cc(C)c3c2OC(C)(C)O3)c2c1OC(C)(C)O2. The predicted molar refractivity (Wildman–Crippen MR) is 209 cm³/mol. The van der Waals surface area contributed by atoms with Crippen LogP contribution < -0.4 is 50.8 Å². The quantitative estimate of drug-likeness (QED) is 0.157. The number of hydrogen-bond acceptors (Lipinski definition) is 4. The van der Waals surface area contributed by atoms with Crippen LogP contribution in [-0.4, -0.2) is 11.6 Å². The Morgan fingerprint density at radius 1 is 0.380 bits per heavy atom. The van der Waals surface area contributed by atoms with Gasteiger partial charge in [0.05, 0.1) is 0 Å². The lowest BCUT2D eigenvalue weighted by atomic mass is 9.98. The molecule has 6 heteroatoms. The normalized spacial score (nSPS) is 15.1. The molecule has 0 saturated carbocycles. The van der Waals surface area contributed by atoms with E-state index in [0.717, 1.165) is 45.3 Å². The van der Waals surface area contributed by atoms with Gasteiger partial charge in [-0.3, -0.25) is 0 Å². The zero-order valence-electron chi connectivity index (χ0n) is 29.2. The second-order valence-corrected chi connectivity index (χ2v) is 18.1. The van der Waals surface area contributed by atoms with Crippen LogP contribution in [0.1, 0.15) is 38.8 Å². The van der Waals surface area contributed by atoms with Gasteiger partial charge in [-0.15, -0.1) is 0 Å². The van der Waals surface area contributed by atoms with E-state index in [1.165, 1.54) is 31.8 Å². The van der Waals surface area contributed by atoms with Crippen molar-refractivity contribution < 1.29 is 18.9 Å². The molecule has 0 unspecified atom stereocenters. The fraction of sp³-hybridized carbons (Fsp3) is 0.182. The highest BCUT2D eigenvalue weighted by Gasteiger charge is 2.43. The zero-order valence-corrected chi connectivity index (χ0v) is 31.0. The fourth-order valence-electron chi connectivity index (χ4n) is 6.98. The van der Waals surface area contributed by atoms with Gasteiger partial charge in [-0.25, -0.2) is 0 Å². The number of rotatable bonds is 7. The van der Waals surface area contributed by atoms with Crippen molar-refractivity contribution in [3.05, 3.63) is 145 Å². The van der Waals surface area contributed by atoms with Crippen molar-refractivity contribution >= 4 is 47.7 Å². The van der Waals surface area contributed by atoms with Crippen LogP contribution in [0.2, 0.25) is 0 Å². The fourth-order valence-corrected chi connectivity index (χ4v) is 12.1. The summed E-state index contributed by atoms with van der Waals surface area (Å²) in [5.41, 5.74) is 4.09. The monoisotopic (exact) mass is 694 g/mol. The van der Waals surface area contributed by atoms with Gasteiger partial charge in [0.2, 0.25) is 11.6 Å². The molecule has 0 aliphatic carbocycles. The lowest BCUT2D eigenvalue weighted by molar-refractivity contribution is -0.0444. The molecule has 0 radical (unpaired) electrons. The van der Waals surface area contributed by atoms with Crippen LogP contribution in [0.15, 0.2) is 133 Å². The topological polar surface area (TPSA) is 36.9 Å². The summed E-state index contributed by atoms with van der Waals surface area (Å²) in [6.45, 7) is 12.2. The average molecular weight is 695 g/mol. The van der Waals surface area contributed by atoms with Crippen LogP contribution >= 0.6 is 15.8 Å². The van der Waals surface area contributed by atoms with Crippen molar-refractivity contribution in [2.75, 3.05) is 0 Å². The lowest BCUT2D eigenvalue weighted by Crippen LogP contribution is -2.31. The van der Waals surface area contributed by atoms with E-state index in [1.54, 1.807) is 0 Å². The second kappa shape index (κ2) is 12.6. The molecule has 0 spiro atoms. The summed E-state index contributed by atoms with van der Waals surface area (Å²) in [5.74, 6) is 1.34. The second-order valence-electron chi connectivity index (χ2n) is 13.7. The first-order chi connectivity index (χ1) is 24.1. The molecular weight excluding hydrogens is 654 g/mol. The molecule has 4 nitrogen and oxygen atoms in total. The average Bonchev–Trinajstić information content (AvgIpc) is 3.63. The minimum atomic E-state index is -1.05. The van der Waals surface area contributed by atoms with E-state index in [2.05, 4.69) is 147 Å². The Morgan fingerprint density at radius 2 is 0.640 bits per heavy atom. The minimum Gasteiger partial charge on any atom is -0.449 e. The molecule has 0 N–H and O–H groups in total. The highest BCUT2D eigenvalue weighted by Crippen LogP contribution is 2.57. The van der Waals surface area contributed by atoms with Gasteiger partial charge in [0.25, 0.3) is 0 Å². The summed E-state index contributed by atoms with van der Waals surface area (Å²) in [7, 11) is -2.09. The van der Waals surface area contributed by atoms with E-state index in [-0.39, 0.29) is 0 Å². The van der Waals surface area contributed by atoms with Crippen LogP contribution in [0.25, 0.3) is 11.1 Å². The standard InChI is InChI=1S/C44H40O4P2/c1-29-27-35(49(31-19-11-7-12-20-31)32-21-13-8-14-22-32)37(41-39(29)45-43(3,4)47-41)38-36(28-30(2)40-42(38)48-44(5,6)46-40)50(33-23-15-9-16-24-33)34-25-17-10-18-26-34/h7-28H,1-6H3. The van der Waals surface area contributed by atoms with Crippen LogP contribution in [-0.2, 0) is 0 Å². The zero-order chi connectivity index (χ0) is 34.6. The summed E-state index contributed by atoms with van der Waals surface area (Å²) in [4.78, 5) is 0. The van der Waals surface area contributed by atoms with Crippen LogP contribution in [0.4, 0.5) is 0 Å². The van der Waals surface area contributed by atoms with Gasteiger partial charge < -0.3 is 18.9 Å². The van der Waals surface area contributed by atoms with Crippen LogP contribution in [0.3, 0.4) is 0 Å². The molecular formula is C44H40O4P2. The van der Waals surface area contributed by atoms with Gasteiger partial charge in [-0.2, -0.15) is 0 Å². The first kappa shape index (κ1) is 32.6. The Hall–Kier alpha value is -4.62. The summed E-state index contributed by atoms with van der Waals surface area (Å²) in [6.07, 6.45) is 0. The first-order valence-electron chi connectivity index (χ1n) is 17.0. The van der Waals surface area contributed by atoms with Gasteiger partial charge in [0.1, 0.15) is 0 Å². The maximum absolute atomic E-state index is 6.91. The van der Waals surface area contributed by atoms with Crippen molar-refractivity contribution in [2.45, 2.75) is 53.1 Å². The smallest absolute Gasteiger partial charge is 0.246 e. The van der Waals surface area contributed by atoms with Crippen molar-refractivity contribution in [2.24, 2.45) is 0 Å². The summed E-state index contributed by atoms with van der Waals surface area (Å²) >= 11 is 0. The van der Waals surface area contributed by atoms with E-state index in [4.69, 9.17) is 18.9 Å². The third-order valence-electron chi connectivity index (χ3n) is 8.98. The van der Waals surface area contributed by atoms with Crippen molar-refractivity contribution in [3.8, 4) is 34.1 Å². The molecule has 6 aromatic carbocycles. The van der Waals surface area contributed by atoms with Crippen molar-refractivity contribution in [1.82, 2.24) is 0 Å². The van der Waals surface area contributed by atoms with Crippen LogP contribution in [0.5, 0.6) is 23.0 Å². The third kappa shape index (κ3) is 5.85. The third-order valence-corrected chi connectivity index (χ3v) is 13.9. The van der Waals surface area contributed by atoms with Crippen molar-refractivity contribution in [1.29, 1.82) is 0 Å². The molecule has 2 heterocycles. The molecule has 0 bridgehead atoms. The van der Waals surface area contributed by atoms with Gasteiger partial charge in [0, 0.05) is 38.8 Å². The summed E-state index contributed by atoms with van der Waals surface area (Å²) in [5, 5.41) is 7.39. The number of ether oxygens (including phenoxy) is 4. The molecule has 0 fully saturated rings. The van der Waals surface area contributed by atoms with Gasteiger partial charge in [0.15, 0.2) is 23.0 Å². The highest BCUT2D eigenvalue weighted by atomic mass is 31.1. The van der Waals surface area contributed by atoms with E-state index < -0.39 is 27.4 Å². The van der Waals surface area contributed by atoms with Gasteiger partial charge in [-0.1, -0.05) is 121 Å². The number of fused-ring (bicyclic) bond motifs is 2. The molecule has 6 aromatic rings. The van der Waals surface area contributed by atoms with Gasteiger partial charge >= 0.3 is 0 Å². The number of aryl methyl sites for hydroxylation is 2. The minimum absolute atomic E-state index is 0.751. The van der Waals surface area contributed by atoms with E-state index in [1.807, 2.05) is 27.7 Å². The maximum Gasteiger partial charge on any atom is 0.246 e. The molecule has 0 saturated heterocycles. The molecule has 0 aromatic heterocycles. The Morgan fingerprint density at radius 3 is 0.920 bits per heavy atom. The Labute approximate surface area is 297 Å². The summed E-state index contributed by atoms with van der Waals surface area (Å²) < 4.78 is 27.0. The highest BCUT2D eigenvalue weighted by molar-refractivity contribution is 7.80. The molecule has 0 amide bonds. The largest absolute Gasteiger partial charge is 0.449 e. The summed E-state index contributed by atoms with van der Waals surface area (Å²) in [6, 6.07) is 48.0. The van der Waals surface area contributed by atoms with Gasteiger partial charge in [-0.05, 0) is 84.8 Å². The number of hydrogen-bond donors (Lipinski definition) is 0. The molecule has 8 rings (SSSR count). The van der Waals surface area contributed by atoms with E-state index in [9.17, 15) is 0 Å². The first-order valence-corrected chi connectivity index (χ1v) is 19.7. The molecule has 2 aliphatic rings. The van der Waals surface area contributed by atoms with Crippen LogP contribution in [0, 0.1) is 13.8 Å². The lowest BCUT2D eigenvalue weighted by Gasteiger charge is -2.29. The van der Waals surface area contributed by atoms with E-state index >= 15 is 0 Å². The molecule has 2 aliphatic heterocycles.